The van der Waals surface area contributed by atoms with Gasteiger partial charge in [0, 0.05) is 36.2 Å². The van der Waals surface area contributed by atoms with Crippen molar-refractivity contribution < 1.29 is 40.6 Å². The molecular formula is C21H23BrF5N4O4P. The van der Waals surface area contributed by atoms with Crippen LogP contribution in [0.15, 0.2) is 46.9 Å². The van der Waals surface area contributed by atoms with Crippen molar-refractivity contribution in [3.05, 3.63) is 69.2 Å². The molecule has 0 heterocycles. The number of primary amides is 1. The molecule has 7 N–H and O–H groups in total. The number of rotatable bonds is 10. The fraction of sp³-hybridized carbons (Fsp3) is 0.333. The average Bonchev–Trinajstić information content (AvgIpc) is 2.78. The summed E-state index contributed by atoms with van der Waals surface area (Å²) in [6.07, 6.45) is -5.20. The van der Waals surface area contributed by atoms with Gasteiger partial charge in [0.2, 0.25) is 5.91 Å². The van der Waals surface area contributed by atoms with E-state index in [0.29, 0.717) is 5.56 Å². The van der Waals surface area contributed by atoms with Crippen LogP contribution >= 0.6 is 24.3 Å². The molecule has 0 bridgehead atoms. The number of hydrogen-bond donors (Lipinski definition) is 4. The molecule has 0 unspecified atom stereocenters. The normalized spacial score (nSPS) is 13.5. The highest BCUT2D eigenvalue weighted by Gasteiger charge is 2.50. The number of carbonyl (C=O) groups is 2. The highest BCUT2D eigenvalue weighted by Crippen LogP contribution is 2.58. The molecule has 15 heteroatoms. The number of carbonyl (C=O) groups excluding carboxylic acids is 2. The van der Waals surface area contributed by atoms with E-state index in [0.717, 1.165) is 38.5 Å². The number of amides is 2. The number of benzene rings is 2. The van der Waals surface area contributed by atoms with Gasteiger partial charge in [0.15, 0.2) is 5.66 Å². The third kappa shape index (κ3) is 6.75. The highest BCUT2D eigenvalue weighted by molar-refractivity contribution is 9.10. The molecule has 2 amide bonds. The van der Waals surface area contributed by atoms with Gasteiger partial charge in [-0.15, -0.1) is 0 Å². The molecule has 0 saturated carbocycles. The summed E-state index contributed by atoms with van der Waals surface area (Å²) in [7, 11) is -0.341. The van der Waals surface area contributed by atoms with Gasteiger partial charge in [-0.2, -0.15) is 22.0 Å². The molecule has 2 rings (SSSR count). The summed E-state index contributed by atoms with van der Waals surface area (Å²) in [5.74, 6) is -1.90. The maximum atomic E-state index is 14.5. The second kappa shape index (κ2) is 11.4. The Hall–Kier alpha value is -2.22. The Balaban J connectivity index is 2.25. The minimum Gasteiger partial charge on any atom is -0.368 e. The molecule has 0 aromatic heterocycles. The second-order valence-corrected chi connectivity index (χ2v) is 10.3. The summed E-state index contributed by atoms with van der Waals surface area (Å²) >= 11 is 3.00. The van der Waals surface area contributed by atoms with E-state index in [9.17, 15) is 31.5 Å². The quantitative estimate of drug-likeness (QED) is 0.187. The van der Waals surface area contributed by atoms with Crippen molar-refractivity contribution >= 4 is 36.1 Å². The van der Waals surface area contributed by atoms with E-state index in [2.05, 4.69) is 30.3 Å². The lowest BCUT2D eigenvalue weighted by atomic mass is 9.98. The van der Waals surface area contributed by atoms with Gasteiger partial charge < -0.3 is 31.6 Å². The van der Waals surface area contributed by atoms with Crippen molar-refractivity contribution in [3.63, 3.8) is 0 Å². The molecule has 8 nitrogen and oxygen atoms in total. The van der Waals surface area contributed by atoms with Crippen LogP contribution in [0.5, 0.6) is 0 Å². The molecule has 2 aromatic carbocycles. The van der Waals surface area contributed by atoms with Crippen LogP contribution in [-0.2, 0) is 31.6 Å². The van der Waals surface area contributed by atoms with E-state index in [4.69, 9.17) is 17.2 Å². The van der Waals surface area contributed by atoms with Gasteiger partial charge in [0.1, 0.15) is 6.04 Å². The Kier molecular flexibility index (Phi) is 9.54. The lowest BCUT2D eigenvalue weighted by Gasteiger charge is -2.28. The van der Waals surface area contributed by atoms with E-state index in [1.807, 2.05) is 0 Å². The lowest BCUT2D eigenvalue weighted by Crippen LogP contribution is -2.58. The van der Waals surface area contributed by atoms with Gasteiger partial charge in [-0.05, 0) is 29.3 Å². The standard InChI is InChI=1S/C21H23BrF5N4O4P/c1-34-36(35-2)20(23,24)13-5-3-11(4-6-13)7-16(17(28)32)31-18(33)12-8-14(10-15(22)9-12)19(29,30)21(25,26)27/h3-6,8-10,16H,7,29-30H2,1-2H3,(H2,28,32)(H,31,33)/t16-/m0/s1. The third-order valence-electron chi connectivity index (χ3n) is 5.06. The fourth-order valence-electron chi connectivity index (χ4n) is 3.07. The van der Waals surface area contributed by atoms with Gasteiger partial charge in [0.25, 0.3) is 14.3 Å². The van der Waals surface area contributed by atoms with E-state index in [-0.39, 0.29) is 22.0 Å². The van der Waals surface area contributed by atoms with Crippen LogP contribution in [0.3, 0.4) is 0 Å². The molecule has 0 aliphatic rings. The molecule has 0 saturated heterocycles. The summed E-state index contributed by atoms with van der Waals surface area (Å²) < 4.78 is 78.1. The molecule has 0 spiro atoms. The van der Waals surface area contributed by atoms with Gasteiger partial charge in [-0.25, -0.2) is 0 Å². The topological polar surface area (TPSA) is 143 Å². The van der Waals surface area contributed by atoms with Crippen LogP contribution in [0.1, 0.15) is 27.0 Å². The van der Waals surface area contributed by atoms with Crippen molar-refractivity contribution in [1.29, 1.82) is 0 Å². The summed E-state index contributed by atoms with van der Waals surface area (Å²) in [5.41, 5.74) is 8.29. The third-order valence-corrected chi connectivity index (χ3v) is 6.90. The van der Waals surface area contributed by atoms with Crippen molar-refractivity contribution in [3.8, 4) is 0 Å². The first-order chi connectivity index (χ1) is 16.5. The number of halogens is 6. The Labute approximate surface area is 212 Å². The Morgan fingerprint density at radius 1 is 1.00 bits per heavy atom. The first-order valence-electron chi connectivity index (χ1n) is 9.96. The van der Waals surface area contributed by atoms with E-state index < -0.39 is 49.3 Å². The largest absolute Gasteiger partial charge is 0.423 e. The van der Waals surface area contributed by atoms with Gasteiger partial charge in [-0.3, -0.25) is 9.59 Å². The molecule has 36 heavy (non-hydrogen) atoms. The van der Waals surface area contributed by atoms with Crippen LogP contribution < -0.4 is 22.5 Å². The first kappa shape index (κ1) is 30.0. The number of alkyl halides is 5. The zero-order valence-corrected chi connectivity index (χ0v) is 21.4. The molecule has 2 aromatic rings. The Bertz CT molecular complexity index is 1100. The van der Waals surface area contributed by atoms with E-state index in [1.165, 1.54) is 18.2 Å². The molecular weight excluding hydrogens is 578 g/mol. The number of nitrogens with two attached hydrogens (primary N) is 3. The van der Waals surface area contributed by atoms with Crippen LogP contribution in [0.2, 0.25) is 0 Å². The zero-order valence-electron chi connectivity index (χ0n) is 18.9. The van der Waals surface area contributed by atoms with Crippen LogP contribution in [0.4, 0.5) is 22.0 Å². The maximum absolute atomic E-state index is 14.5. The number of nitrogens with one attached hydrogen (secondary N) is 1. The van der Waals surface area contributed by atoms with Crippen molar-refractivity contribution in [2.45, 2.75) is 30.0 Å². The SMILES string of the molecule is COP(OC)C(F)(F)c1ccc(C[C@H](NC(=O)c2cc(Br)cc(C(N)(N)C(F)(F)F)c2)C(N)=O)cc1. The number of hydrogen-bond acceptors (Lipinski definition) is 6. The lowest BCUT2D eigenvalue weighted by molar-refractivity contribution is -0.188. The van der Waals surface area contributed by atoms with Gasteiger partial charge >= 0.3 is 11.8 Å². The molecule has 1 atom stereocenters. The minimum atomic E-state index is -5.02. The highest BCUT2D eigenvalue weighted by atomic mass is 79.9. The second-order valence-electron chi connectivity index (χ2n) is 7.59. The molecule has 0 aliphatic carbocycles. The summed E-state index contributed by atoms with van der Waals surface area (Å²) in [6, 6.07) is 6.57. The predicted molar refractivity (Wildman–Crippen MR) is 126 cm³/mol. The first-order valence-corrected chi connectivity index (χ1v) is 11.9. The zero-order chi connectivity index (χ0) is 27.5. The van der Waals surface area contributed by atoms with Gasteiger partial charge in [0.05, 0.1) is 0 Å². The maximum Gasteiger partial charge on any atom is 0.423 e. The van der Waals surface area contributed by atoms with E-state index in [1.54, 1.807) is 0 Å². The Morgan fingerprint density at radius 3 is 2.03 bits per heavy atom. The fourth-order valence-corrected chi connectivity index (χ4v) is 4.53. The molecule has 0 aliphatic heterocycles. The minimum absolute atomic E-state index is 0.0777. The van der Waals surface area contributed by atoms with Crippen LogP contribution in [-0.4, -0.2) is 38.3 Å². The average molecular weight is 601 g/mol. The predicted octanol–water partition coefficient (Wildman–Crippen LogP) is 3.56. The van der Waals surface area contributed by atoms with Crippen LogP contribution in [0, 0.1) is 0 Å². The van der Waals surface area contributed by atoms with E-state index >= 15 is 0 Å². The van der Waals surface area contributed by atoms with Gasteiger partial charge in [-0.1, -0.05) is 40.2 Å². The molecule has 0 radical (unpaired) electrons. The monoisotopic (exact) mass is 600 g/mol. The molecule has 0 fully saturated rings. The van der Waals surface area contributed by atoms with Crippen LogP contribution in [0.25, 0.3) is 0 Å². The van der Waals surface area contributed by atoms with Crippen molar-refractivity contribution in [2.24, 2.45) is 17.2 Å². The summed E-state index contributed by atoms with van der Waals surface area (Å²) in [4.78, 5) is 24.7. The van der Waals surface area contributed by atoms with Crippen molar-refractivity contribution in [1.82, 2.24) is 5.32 Å². The smallest absolute Gasteiger partial charge is 0.368 e. The summed E-state index contributed by atoms with van der Waals surface area (Å²) in [5, 5.41) is 2.33. The molecule has 198 valence electrons. The summed E-state index contributed by atoms with van der Waals surface area (Å²) in [6.45, 7) is 0. The Morgan fingerprint density at radius 2 is 1.56 bits per heavy atom. The van der Waals surface area contributed by atoms with Crippen molar-refractivity contribution in [2.75, 3.05) is 14.2 Å².